The molecule has 1 amide bonds. The minimum atomic E-state index is -0.568. The van der Waals surface area contributed by atoms with Crippen molar-refractivity contribution in [2.45, 2.75) is 25.3 Å². The summed E-state index contributed by atoms with van der Waals surface area (Å²) < 4.78 is 14.0. The molecule has 0 radical (unpaired) electrons. The first kappa shape index (κ1) is 13.0. The van der Waals surface area contributed by atoms with Crippen LogP contribution in [0.5, 0.6) is 0 Å². The Balaban J connectivity index is 2.13. The monoisotopic (exact) mass is 310 g/mol. The molecule has 0 bridgehead atoms. The van der Waals surface area contributed by atoms with Crippen LogP contribution < -0.4 is 5.32 Å². The van der Waals surface area contributed by atoms with Gasteiger partial charge in [-0.25, -0.2) is 4.39 Å². The van der Waals surface area contributed by atoms with Gasteiger partial charge in [0, 0.05) is 6.04 Å². The van der Waals surface area contributed by atoms with E-state index in [9.17, 15) is 9.18 Å². The Morgan fingerprint density at radius 1 is 1.50 bits per heavy atom. The second-order valence-electron chi connectivity index (χ2n) is 4.35. The summed E-state index contributed by atoms with van der Waals surface area (Å²) in [5.41, 5.74) is 0.00737. The van der Waals surface area contributed by atoms with Gasteiger partial charge < -0.3 is 5.32 Å². The lowest BCUT2D eigenvalue weighted by Gasteiger charge is -2.16. The van der Waals surface area contributed by atoms with Crippen molar-refractivity contribution in [1.29, 1.82) is 5.26 Å². The summed E-state index contributed by atoms with van der Waals surface area (Å²) in [6, 6.07) is 6.60. The number of rotatable bonds is 2. The number of carbonyl (C=O) groups is 1. The molecule has 1 aliphatic rings. The standard InChI is InChI=1S/C13H12BrFN2O/c14-10-5-2-4-9(12(10)15)13(18)17-11-6-1-3-8(11)7-16/h2,4-5,8,11H,1,3,6H2,(H,17,18). The second kappa shape index (κ2) is 5.49. The summed E-state index contributed by atoms with van der Waals surface area (Å²) in [5.74, 6) is -1.19. The van der Waals surface area contributed by atoms with E-state index in [1.54, 1.807) is 12.1 Å². The number of hydrogen-bond donors (Lipinski definition) is 1. The molecule has 3 nitrogen and oxygen atoms in total. The van der Waals surface area contributed by atoms with Crippen LogP contribution in [-0.4, -0.2) is 11.9 Å². The first-order chi connectivity index (χ1) is 8.63. The van der Waals surface area contributed by atoms with Gasteiger partial charge >= 0.3 is 0 Å². The van der Waals surface area contributed by atoms with Crippen molar-refractivity contribution in [2.75, 3.05) is 0 Å². The molecule has 1 aromatic rings. The summed E-state index contributed by atoms with van der Waals surface area (Å²) in [7, 11) is 0. The van der Waals surface area contributed by atoms with Gasteiger partial charge in [-0.2, -0.15) is 5.26 Å². The fourth-order valence-electron chi connectivity index (χ4n) is 2.21. The number of hydrogen-bond acceptors (Lipinski definition) is 2. The Kier molecular flexibility index (Phi) is 3.97. The molecule has 0 aromatic heterocycles. The zero-order valence-corrected chi connectivity index (χ0v) is 11.2. The molecule has 94 valence electrons. The van der Waals surface area contributed by atoms with Gasteiger partial charge in [-0.15, -0.1) is 0 Å². The van der Waals surface area contributed by atoms with Crippen molar-refractivity contribution in [3.05, 3.63) is 34.1 Å². The molecule has 1 aromatic carbocycles. The molecule has 0 saturated heterocycles. The summed E-state index contributed by atoms with van der Waals surface area (Å²) in [6.07, 6.45) is 2.49. The van der Waals surface area contributed by atoms with Crippen LogP contribution in [0.4, 0.5) is 4.39 Å². The topological polar surface area (TPSA) is 52.9 Å². The molecule has 2 unspecified atom stereocenters. The quantitative estimate of drug-likeness (QED) is 0.913. The Hall–Kier alpha value is -1.41. The van der Waals surface area contributed by atoms with E-state index in [2.05, 4.69) is 27.3 Å². The Morgan fingerprint density at radius 3 is 3.00 bits per heavy atom. The van der Waals surface area contributed by atoms with Gasteiger partial charge in [0.15, 0.2) is 0 Å². The number of nitrogens with zero attached hydrogens (tertiary/aromatic N) is 1. The molecule has 2 rings (SSSR count). The van der Waals surface area contributed by atoms with Crippen LogP contribution in [0.15, 0.2) is 22.7 Å². The maximum absolute atomic E-state index is 13.7. The predicted octanol–water partition coefficient (Wildman–Crippen LogP) is 3.01. The maximum atomic E-state index is 13.7. The third-order valence-electron chi connectivity index (χ3n) is 3.19. The van der Waals surface area contributed by atoms with E-state index < -0.39 is 11.7 Å². The summed E-state index contributed by atoms with van der Waals surface area (Å²) >= 11 is 3.05. The van der Waals surface area contributed by atoms with Gasteiger partial charge in [0.05, 0.1) is 22.0 Å². The molecule has 18 heavy (non-hydrogen) atoms. The zero-order valence-electron chi connectivity index (χ0n) is 9.62. The molecule has 1 fully saturated rings. The molecular weight excluding hydrogens is 299 g/mol. The van der Waals surface area contributed by atoms with E-state index in [4.69, 9.17) is 5.26 Å². The molecule has 2 atom stereocenters. The number of carbonyl (C=O) groups excluding carboxylic acids is 1. The van der Waals surface area contributed by atoms with Gasteiger partial charge in [-0.05, 0) is 47.3 Å². The van der Waals surface area contributed by atoms with Gasteiger partial charge in [0.25, 0.3) is 5.91 Å². The van der Waals surface area contributed by atoms with E-state index in [0.717, 1.165) is 19.3 Å². The lowest BCUT2D eigenvalue weighted by molar-refractivity contribution is 0.0928. The number of amides is 1. The highest BCUT2D eigenvalue weighted by molar-refractivity contribution is 9.10. The van der Waals surface area contributed by atoms with Crippen LogP contribution in [0.25, 0.3) is 0 Å². The van der Waals surface area contributed by atoms with Crippen LogP contribution >= 0.6 is 15.9 Å². The molecular formula is C13H12BrFN2O. The fraction of sp³-hybridized carbons (Fsp3) is 0.385. The van der Waals surface area contributed by atoms with Crippen molar-refractivity contribution in [2.24, 2.45) is 5.92 Å². The third kappa shape index (κ3) is 2.54. The van der Waals surface area contributed by atoms with E-state index in [-0.39, 0.29) is 22.0 Å². The highest BCUT2D eigenvalue weighted by Crippen LogP contribution is 2.25. The zero-order chi connectivity index (χ0) is 13.1. The van der Waals surface area contributed by atoms with Crippen molar-refractivity contribution in [3.63, 3.8) is 0 Å². The highest BCUT2D eigenvalue weighted by atomic mass is 79.9. The van der Waals surface area contributed by atoms with E-state index in [1.165, 1.54) is 6.07 Å². The number of halogens is 2. The smallest absolute Gasteiger partial charge is 0.254 e. The number of nitrogens with one attached hydrogen (secondary N) is 1. The molecule has 0 aliphatic heterocycles. The van der Waals surface area contributed by atoms with Crippen LogP contribution in [-0.2, 0) is 0 Å². The molecule has 1 aliphatic carbocycles. The van der Waals surface area contributed by atoms with E-state index in [0.29, 0.717) is 0 Å². The molecule has 5 heteroatoms. The van der Waals surface area contributed by atoms with Crippen LogP contribution in [0, 0.1) is 23.1 Å². The van der Waals surface area contributed by atoms with Gasteiger partial charge in [0.1, 0.15) is 5.82 Å². The van der Waals surface area contributed by atoms with Crippen molar-refractivity contribution in [1.82, 2.24) is 5.32 Å². The average Bonchev–Trinajstić information content (AvgIpc) is 2.79. The molecule has 0 spiro atoms. The Morgan fingerprint density at radius 2 is 2.28 bits per heavy atom. The summed E-state index contributed by atoms with van der Waals surface area (Å²) in [5, 5.41) is 11.7. The first-order valence-electron chi connectivity index (χ1n) is 5.78. The van der Waals surface area contributed by atoms with Gasteiger partial charge in [0.2, 0.25) is 0 Å². The first-order valence-corrected chi connectivity index (χ1v) is 6.57. The summed E-state index contributed by atoms with van der Waals surface area (Å²) in [6.45, 7) is 0. The predicted molar refractivity (Wildman–Crippen MR) is 68.3 cm³/mol. The number of nitriles is 1. The van der Waals surface area contributed by atoms with E-state index in [1.807, 2.05) is 0 Å². The fourth-order valence-corrected chi connectivity index (χ4v) is 2.58. The SMILES string of the molecule is N#CC1CCCC1NC(=O)c1cccc(Br)c1F. The van der Waals surface area contributed by atoms with Gasteiger partial charge in [-0.3, -0.25) is 4.79 Å². The van der Waals surface area contributed by atoms with Gasteiger partial charge in [-0.1, -0.05) is 6.07 Å². The van der Waals surface area contributed by atoms with Crippen molar-refractivity contribution in [3.8, 4) is 6.07 Å². The lowest BCUT2D eigenvalue weighted by atomic mass is 10.1. The van der Waals surface area contributed by atoms with Crippen LogP contribution in [0.2, 0.25) is 0 Å². The Labute approximate surface area is 113 Å². The van der Waals surface area contributed by atoms with Crippen LogP contribution in [0.3, 0.4) is 0 Å². The molecule has 0 heterocycles. The molecule has 1 N–H and O–H groups in total. The maximum Gasteiger partial charge on any atom is 0.254 e. The van der Waals surface area contributed by atoms with Crippen molar-refractivity contribution >= 4 is 21.8 Å². The largest absolute Gasteiger partial charge is 0.348 e. The number of benzene rings is 1. The summed E-state index contributed by atoms with van der Waals surface area (Å²) in [4.78, 5) is 12.0. The minimum absolute atomic E-state index is 0.00737. The highest BCUT2D eigenvalue weighted by Gasteiger charge is 2.29. The third-order valence-corrected chi connectivity index (χ3v) is 3.81. The molecule has 1 saturated carbocycles. The minimum Gasteiger partial charge on any atom is -0.348 e. The average molecular weight is 311 g/mol. The van der Waals surface area contributed by atoms with E-state index >= 15 is 0 Å². The van der Waals surface area contributed by atoms with Crippen molar-refractivity contribution < 1.29 is 9.18 Å². The normalized spacial score (nSPS) is 22.5. The van der Waals surface area contributed by atoms with Crippen LogP contribution in [0.1, 0.15) is 29.6 Å². The Bertz CT molecular complexity index is 512. The second-order valence-corrected chi connectivity index (χ2v) is 5.20. The lowest BCUT2D eigenvalue weighted by Crippen LogP contribution is -2.37.